The quantitative estimate of drug-likeness (QED) is 0.281. The third kappa shape index (κ3) is 8.22. The first kappa shape index (κ1) is 31.7. The van der Waals surface area contributed by atoms with Gasteiger partial charge in [-0.15, -0.1) is 0 Å². The molecule has 1 aliphatic rings. The summed E-state index contributed by atoms with van der Waals surface area (Å²) in [7, 11) is 1.62. The molecule has 0 saturated carbocycles. The number of likely N-dealkylation sites (tertiary alicyclic amines) is 1. The van der Waals surface area contributed by atoms with Crippen molar-refractivity contribution in [2.24, 2.45) is 11.7 Å². The SMILES string of the molecule is COCCCOc1cc(C(N)C(=O)[C@H]2CN(C(=O)OC(C)(C)C)CC[C@@H]2c2cccc(-c3ccccc3)c2)ccc1C#N. The number of carbonyl (C=O) groups is 2. The van der Waals surface area contributed by atoms with Crippen molar-refractivity contribution in [3.05, 3.63) is 89.5 Å². The van der Waals surface area contributed by atoms with E-state index in [4.69, 9.17) is 19.9 Å². The summed E-state index contributed by atoms with van der Waals surface area (Å²) < 4.78 is 16.6. The number of amides is 1. The van der Waals surface area contributed by atoms with Gasteiger partial charge in [0.2, 0.25) is 0 Å². The van der Waals surface area contributed by atoms with Crippen LogP contribution in [0.1, 0.15) is 62.3 Å². The molecule has 8 nitrogen and oxygen atoms in total. The molecule has 4 rings (SSSR count). The molecule has 0 aromatic heterocycles. The standard InChI is InChI=1S/C35H41N3O5/c1-35(2,3)43-34(40)38-17-16-29(26-13-8-12-25(20-26)24-10-6-5-7-11-24)30(23-38)33(39)32(37)27-14-15-28(22-36)31(21-27)42-19-9-18-41-4/h5-8,10-15,20-21,29-30,32H,9,16-19,23,37H2,1-4H3/t29-,30+,32?/m1/s1. The summed E-state index contributed by atoms with van der Waals surface area (Å²) in [4.78, 5) is 28.9. The fraction of sp³-hybridized carbons (Fsp3) is 0.400. The zero-order valence-electron chi connectivity index (χ0n) is 25.4. The van der Waals surface area contributed by atoms with E-state index >= 15 is 0 Å². The van der Waals surface area contributed by atoms with Crippen LogP contribution in [0.25, 0.3) is 11.1 Å². The number of benzene rings is 3. The van der Waals surface area contributed by atoms with Crippen LogP contribution in [0.2, 0.25) is 0 Å². The Balaban J connectivity index is 1.64. The van der Waals surface area contributed by atoms with Crippen molar-refractivity contribution >= 4 is 11.9 Å². The van der Waals surface area contributed by atoms with E-state index in [0.717, 1.165) is 16.7 Å². The summed E-state index contributed by atoms with van der Waals surface area (Å²) in [6.07, 6.45) is 0.797. The van der Waals surface area contributed by atoms with Crippen molar-refractivity contribution in [1.29, 1.82) is 5.26 Å². The molecule has 1 amide bonds. The summed E-state index contributed by atoms with van der Waals surface area (Å²) in [6, 6.07) is 24.5. The zero-order chi connectivity index (χ0) is 31.0. The van der Waals surface area contributed by atoms with Crippen molar-refractivity contribution in [3.8, 4) is 22.9 Å². The van der Waals surface area contributed by atoms with Gasteiger partial charge in [0.15, 0.2) is 5.78 Å². The molecular weight excluding hydrogens is 542 g/mol. The third-order valence-corrected chi connectivity index (χ3v) is 7.59. The van der Waals surface area contributed by atoms with Gasteiger partial charge in [-0.05, 0) is 67.5 Å². The number of methoxy groups -OCH3 is 1. The second-order valence-electron chi connectivity index (χ2n) is 11.9. The first-order chi connectivity index (χ1) is 20.6. The Labute approximate surface area is 254 Å². The van der Waals surface area contributed by atoms with Crippen LogP contribution in [-0.2, 0) is 14.3 Å². The van der Waals surface area contributed by atoms with Gasteiger partial charge in [0.25, 0.3) is 0 Å². The molecule has 1 aliphatic heterocycles. The Kier molecular flexibility index (Phi) is 10.6. The predicted octanol–water partition coefficient (Wildman–Crippen LogP) is 6.25. The topological polar surface area (TPSA) is 115 Å². The number of carbonyl (C=O) groups excluding carboxylic acids is 2. The largest absolute Gasteiger partial charge is 0.492 e. The van der Waals surface area contributed by atoms with Crippen molar-refractivity contribution < 1.29 is 23.8 Å². The zero-order valence-corrected chi connectivity index (χ0v) is 25.4. The molecule has 1 fully saturated rings. The number of ketones is 1. The Morgan fingerprint density at radius 1 is 1.02 bits per heavy atom. The number of nitrogens with two attached hydrogens (primary N) is 1. The second-order valence-corrected chi connectivity index (χ2v) is 11.9. The molecule has 0 spiro atoms. The molecule has 2 N–H and O–H groups in total. The lowest BCUT2D eigenvalue weighted by Gasteiger charge is -2.39. The number of hydrogen-bond donors (Lipinski definition) is 1. The van der Waals surface area contributed by atoms with Gasteiger partial charge in [0.05, 0.1) is 18.2 Å². The van der Waals surface area contributed by atoms with Crippen LogP contribution in [-0.4, -0.2) is 55.8 Å². The number of rotatable bonds is 10. The van der Waals surface area contributed by atoms with E-state index in [1.165, 1.54) is 0 Å². The molecule has 0 bridgehead atoms. The van der Waals surface area contributed by atoms with Gasteiger partial charge in [-0.3, -0.25) is 4.79 Å². The summed E-state index contributed by atoms with van der Waals surface area (Å²) >= 11 is 0. The van der Waals surface area contributed by atoms with Crippen LogP contribution in [0.5, 0.6) is 5.75 Å². The maximum atomic E-state index is 14.2. The van der Waals surface area contributed by atoms with Crippen LogP contribution >= 0.6 is 0 Å². The van der Waals surface area contributed by atoms with Crippen LogP contribution in [0.4, 0.5) is 4.79 Å². The first-order valence-corrected chi connectivity index (χ1v) is 14.7. The lowest BCUT2D eigenvalue weighted by atomic mass is 9.75. The minimum Gasteiger partial charge on any atom is -0.492 e. The van der Waals surface area contributed by atoms with E-state index in [1.807, 2.05) is 51.1 Å². The van der Waals surface area contributed by atoms with Gasteiger partial charge >= 0.3 is 6.09 Å². The molecule has 1 saturated heterocycles. The molecular formula is C35H41N3O5. The van der Waals surface area contributed by atoms with Gasteiger partial charge < -0.3 is 24.8 Å². The first-order valence-electron chi connectivity index (χ1n) is 14.7. The van der Waals surface area contributed by atoms with E-state index in [-0.39, 0.29) is 18.2 Å². The number of ether oxygens (including phenoxy) is 3. The maximum absolute atomic E-state index is 14.2. The Hall–Kier alpha value is -4.19. The number of Topliss-reactive ketones (excluding diaryl/α,β-unsaturated/α-hetero) is 1. The Morgan fingerprint density at radius 2 is 1.77 bits per heavy atom. The molecule has 1 heterocycles. The van der Waals surface area contributed by atoms with Crippen molar-refractivity contribution in [2.75, 3.05) is 33.4 Å². The fourth-order valence-corrected chi connectivity index (χ4v) is 5.44. The molecule has 1 unspecified atom stereocenters. The van der Waals surface area contributed by atoms with Crippen molar-refractivity contribution in [3.63, 3.8) is 0 Å². The minimum atomic E-state index is -0.975. The van der Waals surface area contributed by atoms with Crippen molar-refractivity contribution in [1.82, 2.24) is 4.90 Å². The molecule has 43 heavy (non-hydrogen) atoms. The van der Waals surface area contributed by atoms with E-state index in [0.29, 0.717) is 49.5 Å². The average Bonchev–Trinajstić information content (AvgIpc) is 3.01. The van der Waals surface area contributed by atoms with Gasteiger partial charge in [0.1, 0.15) is 17.4 Å². The van der Waals surface area contributed by atoms with E-state index in [2.05, 4.69) is 30.3 Å². The average molecular weight is 584 g/mol. The summed E-state index contributed by atoms with van der Waals surface area (Å²) in [5.41, 5.74) is 10.1. The predicted molar refractivity (Wildman–Crippen MR) is 166 cm³/mol. The van der Waals surface area contributed by atoms with Gasteiger partial charge in [-0.25, -0.2) is 4.79 Å². The summed E-state index contributed by atoms with van der Waals surface area (Å²) in [6.45, 7) is 7.02. The lowest BCUT2D eigenvalue weighted by Crippen LogP contribution is -2.49. The highest BCUT2D eigenvalue weighted by molar-refractivity contribution is 5.89. The number of nitriles is 1. The molecule has 3 aromatic rings. The number of piperidine rings is 1. The van der Waals surface area contributed by atoms with E-state index in [1.54, 1.807) is 30.2 Å². The highest BCUT2D eigenvalue weighted by atomic mass is 16.6. The monoisotopic (exact) mass is 583 g/mol. The van der Waals surface area contributed by atoms with Crippen LogP contribution in [0.3, 0.4) is 0 Å². The minimum absolute atomic E-state index is 0.149. The van der Waals surface area contributed by atoms with E-state index < -0.39 is 23.7 Å². The van der Waals surface area contributed by atoms with Gasteiger partial charge in [0, 0.05) is 39.1 Å². The summed E-state index contributed by atoms with van der Waals surface area (Å²) in [5, 5.41) is 9.59. The lowest BCUT2D eigenvalue weighted by molar-refractivity contribution is -0.126. The number of hydrogen-bond acceptors (Lipinski definition) is 7. The normalized spacial score (nSPS) is 17.5. The van der Waals surface area contributed by atoms with E-state index in [9.17, 15) is 14.9 Å². The van der Waals surface area contributed by atoms with Crippen LogP contribution in [0, 0.1) is 17.2 Å². The van der Waals surface area contributed by atoms with Crippen molar-refractivity contribution in [2.45, 2.75) is 51.2 Å². The highest BCUT2D eigenvalue weighted by Gasteiger charge is 2.40. The van der Waals surface area contributed by atoms with Gasteiger partial charge in [-0.1, -0.05) is 60.7 Å². The molecule has 226 valence electrons. The second kappa shape index (κ2) is 14.3. The highest BCUT2D eigenvalue weighted by Crippen LogP contribution is 2.38. The molecule has 3 atom stereocenters. The Bertz CT molecular complexity index is 1440. The molecule has 0 radical (unpaired) electrons. The molecule has 3 aromatic carbocycles. The molecule has 8 heteroatoms. The summed E-state index contributed by atoms with van der Waals surface area (Å²) in [5.74, 6) is -0.517. The molecule has 0 aliphatic carbocycles. The number of nitrogens with zero attached hydrogens (tertiary/aromatic N) is 2. The maximum Gasteiger partial charge on any atom is 0.410 e. The van der Waals surface area contributed by atoms with Gasteiger partial charge in [-0.2, -0.15) is 5.26 Å². The fourth-order valence-electron chi connectivity index (χ4n) is 5.44. The smallest absolute Gasteiger partial charge is 0.410 e. The third-order valence-electron chi connectivity index (χ3n) is 7.59. The van der Waals surface area contributed by atoms with Crippen LogP contribution < -0.4 is 10.5 Å². The Morgan fingerprint density at radius 3 is 2.47 bits per heavy atom. The van der Waals surface area contributed by atoms with Crippen LogP contribution in [0.15, 0.2) is 72.8 Å².